The van der Waals surface area contributed by atoms with Gasteiger partial charge >= 0.3 is 0 Å². The Morgan fingerprint density at radius 3 is 2.50 bits per heavy atom. The Bertz CT molecular complexity index is 672. The molecule has 4 heteroatoms. The van der Waals surface area contributed by atoms with E-state index in [1.807, 2.05) is 38.1 Å². The second-order valence-corrected chi connectivity index (χ2v) is 6.34. The van der Waals surface area contributed by atoms with E-state index in [4.69, 9.17) is 16.3 Å². The van der Waals surface area contributed by atoms with E-state index in [0.29, 0.717) is 30.2 Å². The van der Waals surface area contributed by atoms with Gasteiger partial charge in [-0.25, -0.2) is 0 Å². The highest BCUT2D eigenvalue weighted by atomic mass is 35.5. The van der Waals surface area contributed by atoms with Gasteiger partial charge in [-0.2, -0.15) is 0 Å². The fourth-order valence-electron chi connectivity index (χ4n) is 2.52. The molecule has 0 heterocycles. The minimum Gasteiger partial charge on any atom is -0.494 e. The van der Waals surface area contributed by atoms with Gasteiger partial charge in [-0.3, -0.25) is 4.79 Å². The van der Waals surface area contributed by atoms with Crippen molar-refractivity contribution >= 4 is 23.2 Å². The molecule has 0 aromatic heterocycles. The summed E-state index contributed by atoms with van der Waals surface area (Å²) in [5, 5.41) is 3.47. The van der Waals surface area contributed by atoms with Crippen LogP contribution in [0, 0.1) is 13.8 Å². The van der Waals surface area contributed by atoms with Gasteiger partial charge in [-0.05, 0) is 61.6 Å². The highest BCUT2D eigenvalue weighted by Crippen LogP contribution is 2.27. The van der Waals surface area contributed by atoms with Crippen molar-refractivity contribution in [3.8, 4) is 5.75 Å². The molecule has 24 heavy (non-hydrogen) atoms. The maximum atomic E-state index is 12.1. The van der Waals surface area contributed by atoms with Crippen LogP contribution in [0.2, 0.25) is 5.02 Å². The van der Waals surface area contributed by atoms with Crippen molar-refractivity contribution in [3.05, 3.63) is 58.1 Å². The van der Waals surface area contributed by atoms with Crippen LogP contribution >= 0.6 is 11.6 Å². The number of halogens is 1. The predicted molar refractivity (Wildman–Crippen MR) is 100 cm³/mol. The molecular formula is C20H24ClNO2. The third-order valence-electron chi connectivity index (χ3n) is 3.84. The molecule has 0 radical (unpaired) electrons. The van der Waals surface area contributed by atoms with E-state index in [9.17, 15) is 4.79 Å². The van der Waals surface area contributed by atoms with Gasteiger partial charge in [0.15, 0.2) is 0 Å². The van der Waals surface area contributed by atoms with Gasteiger partial charge in [-0.1, -0.05) is 36.7 Å². The zero-order valence-electron chi connectivity index (χ0n) is 14.5. The number of amides is 1. The zero-order valence-corrected chi connectivity index (χ0v) is 15.2. The normalized spacial score (nSPS) is 10.5. The molecule has 2 aromatic rings. The van der Waals surface area contributed by atoms with Crippen LogP contribution < -0.4 is 10.1 Å². The van der Waals surface area contributed by atoms with Crippen LogP contribution in [0.4, 0.5) is 5.69 Å². The van der Waals surface area contributed by atoms with Gasteiger partial charge in [0, 0.05) is 6.42 Å². The summed E-state index contributed by atoms with van der Waals surface area (Å²) in [6.45, 7) is 6.56. The third-order valence-corrected chi connectivity index (χ3v) is 4.14. The van der Waals surface area contributed by atoms with Crippen LogP contribution in [0.5, 0.6) is 5.75 Å². The topological polar surface area (TPSA) is 38.3 Å². The molecule has 0 aliphatic heterocycles. The van der Waals surface area contributed by atoms with E-state index in [0.717, 1.165) is 23.3 Å². The molecule has 0 atom stereocenters. The second kappa shape index (κ2) is 8.74. The lowest BCUT2D eigenvalue weighted by Gasteiger charge is -2.12. The zero-order chi connectivity index (χ0) is 17.5. The lowest BCUT2D eigenvalue weighted by Crippen LogP contribution is -2.14. The fraction of sp³-hybridized carbons (Fsp3) is 0.350. The Kier molecular flexibility index (Phi) is 6.68. The van der Waals surface area contributed by atoms with Crippen molar-refractivity contribution in [3.63, 3.8) is 0 Å². The molecule has 0 fully saturated rings. The van der Waals surface area contributed by atoms with Crippen LogP contribution in [0.1, 0.15) is 36.5 Å². The van der Waals surface area contributed by atoms with Gasteiger partial charge < -0.3 is 10.1 Å². The summed E-state index contributed by atoms with van der Waals surface area (Å²) < 4.78 is 5.66. The summed E-state index contributed by atoms with van der Waals surface area (Å²) in [4.78, 5) is 12.1. The molecular weight excluding hydrogens is 322 g/mol. The summed E-state index contributed by atoms with van der Waals surface area (Å²) in [5.41, 5.74) is 4.04. The van der Waals surface area contributed by atoms with Crippen molar-refractivity contribution < 1.29 is 9.53 Å². The first-order valence-electron chi connectivity index (χ1n) is 8.28. The van der Waals surface area contributed by atoms with Crippen LogP contribution in [-0.2, 0) is 11.2 Å². The molecule has 2 rings (SSSR count). The molecule has 0 bridgehead atoms. The summed E-state index contributed by atoms with van der Waals surface area (Å²) >= 11 is 6.21. The predicted octanol–water partition coefficient (Wildman–Crippen LogP) is 5.32. The summed E-state index contributed by atoms with van der Waals surface area (Å²) in [7, 11) is 0. The Balaban J connectivity index is 1.77. The average molecular weight is 346 g/mol. The Morgan fingerprint density at radius 1 is 1.17 bits per heavy atom. The van der Waals surface area contributed by atoms with E-state index < -0.39 is 0 Å². The van der Waals surface area contributed by atoms with Crippen molar-refractivity contribution in [2.24, 2.45) is 0 Å². The van der Waals surface area contributed by atoms with Crippen LogP contribution in [0.3, 0.4) is 0 Å². The number of benzene rings is 2. The number of nitrogens with one attached hydrogen (secondary N) is 1. The first-order chi connectivity index (χ1) is 11.5. The molecule has 128 valence electrons. The lowest BCUT2D eigenvalue weighted by molar-refractivity contribution is -0.116. The number of carbonyl (C=O) groups excluding carboxylic acids is 1. The summed E-state index contributed by atoms with van der Waals surface area (Å²) in [6, 6.07) is 11.9. The smallest absolute Gasteiger partial charge is 0.224 e. The van der Waals surface area contributed by atoms with Crippen molar-refractivity contribution in [1.29, 1.82) is 0 Å². The van der Waals surface area contributed by atoms with Crippen LogP contribution in [0.25, 0.3) is 0 Å². The van der Waals surface area contributed by atoms with Crippen molar-refractivity contribution in [2.45, 2.75) is 40.0 Å². The molecule has 3 nitrogen and oxygen atoms in total. The lowest BCUT2D eigenvalue weighted by atomic mass is 10.1. The fourth-order valence-corrected chi connectivity index (χ4v) is 2.89. The van der Waals surface area contributed by atoms with Gasteiger partial charge in [0.25, 0.3) is 0 Å². The molecule has 2 aromatic carbocycles. The number of ether oxygens (including phenoxy) is 1. The number of rotatable bonds is 7. The minimum atomic E-state index is -0.0474. The molecule has 0 aliphatic rings. The molecule has 0 spiro atoms. The number of anilines is 1. The summed E-state index contributed by atoms with van der Waals surface area (Å²) in [6.07, 6.45) is 2.07. The first kappa shape index (κ1) is 18.3. The monoisotopic (exact) mass is 345 g/mol. The average Bonchev–Trinajstić information content (AvgIpc) is 2.55. The van der Waals surface area contributed by atoms with Crippen LogP contribution in [0.15, 0.2) is 36.4 Å². The number of hydrogen-bond donors (Lipinski definition) is 1. The minimum absolute atomic E-state index is 0.0474. The SMILES string of the molecule is CCc1ccc(OCCCC(=O)Nc2c(C)cc(C)cc2Cl)cc1. The molecule has 0 saturated heterocycles. The van der Waals surface area contributed by atoms with Crippen LogP contribution in [-0.4, -0.2) is 12.5 Å². The highest BCUT2D eigenvalue weighted by Gasteiger charge is 2.09. The highest BCUT2D eigenvalue weighted by molar-refractivity contribution is 6.34. The number of hydrogen-bond acceptors (Lipinski definition) is 2. The standard InChI is InChI=1S/C20H24ClNO2/c1-4-16-7-9-17(10-8-16)24-11-5-6-19(23)22-20-15(3)12-14(2)13-18(20)21/h7-10,12-13H,4-6,11H2,1-3H3,(H,22,23). The van der Waals surface area contributed by atoms with Crippen molar-refractivity contribution in [2.75, 3.05) is 11.9 Å². The maximum absolute atomic E-state index is 12.1. The van der Waals surface area contributed by atoms with E-state index >= 15 is 0 Å². The Labute approximate surface area is 149 Å². The van der Waals surface area contributed by atoms with Crippen molar-refractivity contribution in [1.82, 2.24) is 0 Å². The summed E-state index contributed by atoms with van der Waals surface area (Å²) in [5.74, 6) is 0.791. The maximum Gasteiger partial charge on any atom is 0.224 e. The van der Waals surface area contributed by atoms with Gasteiger partial charge in [0.2, 0.25) is 5.91 Å². The first-order valence-corrected chi connectivity index (χ1v) is 8.65. The van der Waals surface area contributed by atoms with E-state index in [-0.39, 0.29) is 5.91 Å². The molecule has 1 amide bonds. The Morgan fingerprint density at radius 2 is 1.88 bits per heavy atom. The van der Waals surface area contributed by atoms with Gasteiger partial charge in [-0.15, -0.1) is 0 Å². The molecule has 0 saturated carbocycles. The van der Waals surface area contributed by atoms with E-state index in [2.05, 4.69) is 24.4 Å². The van der Waals surface area contributed by atoms with E-state index in [1.165, 1.54) is 5.56 Å². The number of carbonyl (C=O) groups is 1. The molecule has 1 N–H and O–H groups in total. The quantitative estimate of drug-likeness (QED) is 0.690. The largest absolute Gasteiger partial charge is 0.494 e. The van der Waals surface area contributed by atoms with Gasteiger partial charge in [0.1, 0.15) is 5.75 Å². The molecule has 0 aliphatic carbocycles. The second-order valence-electron chi connectivity index (χ2n) is 5.94. The van der Waals surface area contributed by atoms with E-state index in [1.54, 1.807) is 0 Å². The Hall–Kier alpha value is -2.00. The third kappa shape index (κ3) is 5.27. The molecule has 0 unspecified atom stereocenters. The number of aryl methyl sites for hydroxylation is 3. The van der Waals surface area contributed by atoms with Gasteiger partial charge in [0.05, 0.1) is 17.3 Å².